The van der Waals surface area contributed by atoms with Crippen LogP contribution in [0.25, 0.3) is 17.5 Å². The topological polar surface area (TPSA) is 88.7 Å². The Morgan fingerprint density at radius 2 is 1.83 bits per heavy atom. The van der Waals surface area contributed by atoms with E-state index in [0.29, 0.717) is 24.8 Å². The molecular weight excluding hydrogens is 466 g/mol. The third-order valence-corrected chi connectivity index (χ3v) is 7.21. The van der Waals surface area contributed by atoms with Gasteiger partial charge in [0.05, 0.1) is 0 Å². The van der Waals surface area contributed by atoms with Gasteiger partial charge in [-0.3, -0.25) is 4.90 Å². The molecule has 182 valence electrons. The number of likely N-dealkylation sites (tertiary alicyclic amines) is 1. The first kappa shape index (κ1) is 23.6. The van der Waals surface area contributed by atoms with Gasteiger partial charge in [0.15, 0.2) is 0 Å². The number of benzene rings is 2. The maximum absolute atomic E-state index is 10.6. The summed E-state index contributed by atoms with van der Waals surface area (Å²) in [6.07, 6.45) is 8.56. The molecule has 2 heterocycles. The van der Waals surface area contributed by atoms with Crippen LogP contribution in [0.1, 0.15) is 49.1 Å². The Labute approximate surface area is 209 Å². The van der Waals surface area contributed by atoms with Gasteiger partial charge in [0.25, 0.3) is 5.89 Å². The molecule has 2 fully saturated rings. The van der Waals surface area contributed by atoms with E-state index in [9.17, 15) is 4.79 Å². The van der Waals surface area contributed by atoms with Gasteiger partial charge in [-0.2, -0.15) is 4.98 Å². The molecule has 1 aromatic heterocycles. The molecule has 1 saturated heterocycles. The summed E-state index contributed by atoms with van der Waals surface area (Å²) < 4.78 is 10.3. The molecule has 5 rings (SSSR count). The molecule has 0 amide bonds. The van der Waals surface area contributed by atoms with Gasteiger partial charge in [0.2, 0.25) is 5.82 Å². The van der Waals surface area contributed by atoms with Crippen LogP contribution in [0.15, 0.2) is 59.1 Å². The van der Waals surface area contributed by atoms with Crippen molar-refractivity contribution in [1.29, 1.82) is 0 Å². The summed E-state index contributed by atoms with van der Waals surface area (Å²) >= 11 is 6.12. The van der Waals surface area contributed by atoms with Crippen LogP contribution in [0.5, 0.6) is 0 Å². The van der Waals surface area contributed by atoms with Crippen molar-refractivity contribution < 1.29 is 19.2 Å². The van der Waals surface area contributed by atoms with E-state index in [2.05, 4.69) is 33.2 Å². The number of halogens is 1. The van der Waals surface area contributed by atoms with Gasteiger partial charge in [0, 0.05) is 41.7 Å². The summed E-state index contributed by atoms with van der Waals surface area (Å²) in [5, 5.41) is 13.6. The minimum absolute atomic E-state index is 0.0372. The monoisotopic (exact) mass is 493 g/mol. The highest BCUT2D eigenvalue weighted by molar-refractivity contribution is 6.30. The molecule has 0 bridgehead atoms. The van der Waals surface area contributed by atoms with Gasteiger partial charge < -0.3 is 14.4 Å². The molecule has 0 unspecified atom stereocenters. The van der Waals surface area contributed by atoms with Gasteiger partial charge >= 0.3 is 6.16 Å². The van der Waals surface area contributed by atoms with E-state index >= 15 is 0 Å². The van der Waals surface area contributed by atoms with Crippen molar-refractivity contribution in [3.8, 4) is 11.4 Å². The SMILES string of the molecule is O=C(O)OC1CN(Cc2ccc(-c3noc(/C=C/C4(c5ccc(Cl)cc5)CCCCC4)n3)cc2)C1. The van der Waals surface area contributed by atoms with Gasteiger partial charge in [0.1, 0.15) is 6.10 Å². The number of allylic oxidation sites excluding steroid dienone is 1. The van der Waals surface area contributed by atoms with Gasteiger partial charge in [-0.25, -0.2) is 4.79 Å². The Kier molecular flexibility index (Phi) is 6.88. The number of hydrogen-bond acceptors (Lipinski definition) is 6. The molecular formula is C27H28ClN3O4. The summed E-state index contributed by atoms with van der Waals surface area (Å²) in [6.45, 7) is 1.98. The van der Waals surface area contributed by atoms with Crippen molar-refractivity contribution in [3.63, 3.8) is 0 Å². The predicted molar refractivity (Wildman–Crippen MR) is 133 cm³/mol. The summed E-state index contributed by atoms with van der Waals surface area (Å²) in [5.41, 5.74) is 3.26. The Morgan fingerprint density at radius 3 is 2.51 bits per heavy atom. The number of carboxylic acid groups (broad SMARTS) is 1. The van der Waals surface area contributed by atoms with Crippen LogP contribution in [0, 0.1) is 0 Å². The van der Waals surface area contributed by atoms with Gasteiger partial charge in [-0.15, -0.1) is 0 Å². The Hall–Kier alpha value is -3.16. The standard InChI is InChI=1S/C27H28ClN3O4/c28-22-10-8-21(9-11-22)27(13-2-1-3-14-27)15-12-24-29-25(30-35-24)20-6-4-19(5-7-20)16-31-17-23(18-31)34-26(32)33/h4-12,15,23H,1-3,13-14,16-18H2,(H,32,33)/b15-12+. The highest BCUT2D eigenvalue weighted by Gasteiger charge is 2.32. The van der Waals surface area contributed by atoms with Crippen molar-refractivity contribution in [1.82, 2.24) is 15.0 Å². The lowest BCUT2D eigenvalue weighted by molar-refractivity contribution is -0.0363. The normalized spacial score (nSPS) is 18.4. The fraction of sp³-hybridized carbons (Fsp3) is 0.370. The first-order chi connectivity index (χ1) is 17.0. The van der Waals surface area contributed by atoms with Gasteiger partial charge in [-0.1, -0.05) is 78.5 Å². The smallest absolute Gasteiger partial charge is 0.450 e. The number of carbonyl (C=O) groups is 1. The number of nitrogens with zero attached hydrogens (tertiary/aromatic N) is 3. The van der Waals surface area contributed by atoms with Crippen LogP contribution in [-0.4, -0.2) is 45.5 Å². The summed E-state index contributed by atoms with van der Waals surface area (Å²) in [4.78, 5) is 17.3. The number of hydrogen-bond donors (Lipinski definition) is 1. The van der Waals surface area contributed by atoms with Crippen LogP contribution in [0.3, 0.4) is 0 Å². The Morgan fingerprint density at radius 1 is 1.11 bits per heavy atom. The first-order valence-corrected chi connectivity index (χ1v) is 12.4. The molecule has 35 heavy (non-hydrogen) atoms. The third kappa shape index (κ3) is 5.57. The largest absolute Gasteiger partial charge is 0.506 e. The van der Waals surface area contributed by atoms with Crippen LogP contribution in [0.2, 0.25) is 5.02 Å². The number of ether oxygens (including phenoxy) is 1. The maximum Gasteiger partial charge on any atom is 0.506 e. The predicted octanol–water partition coefficient (Wildman–Crippen LogP) is 6.18. The van der Waals surface area contributed by atoms with Crippen LogP contribution in [0.4, 0.5) is 4.79 Å². The van der Waals surface area contributed by atoms with E-state index in [1.165, 1.54) is 24.8 Å². The zero-order chi connectivity index (χ0) is 24.3. The fourth-order valence-electron chi connectivity index (χ4n) is 5.05. The minimum Gasteiger partial charge on any atom is -0.450 e. The van der Waals surface area contributed by atoms with E-state index in [1.807, 2.05) is 42.5 Å². The molecule has 0 atom stereocenters. The van der Waals surface area contributed by atoms with Crippen molar-refractivity contribution in [2.24, 2.45) is 0 Å². The van der Waals surface area contributed by atoms with Gasteiger partial charge in [-0.05, 0) is 36.1 Å². The highest BCUT2D eigenvalue weighted by atomic mass is 35.5. The molecule has 3 aromatic rings. The average molecular weight is 494 g/mol. The highest BCUT2D eigenvalue weighted by Crippen LogP contribution is 2.41. The second kappa shape index (κ2) is 10.2. The van der Waals surface area contributed by atoms with Crippen LogP contribution in [-0.2, 0) is 16.7 Å². The zero-order valence-corrected chi connectivity index (χ0v) is 20.2. The molecule has 8 heteroatoms. The lowest BCUT2D eigenvalue weighted by Gasteiger charge is -2.37. The third-order valence-electron chi connectivity index (χ3n) is 6.96. The van der Waals surface area contributed by atoms with Crippen molar-refractivity contribution in [3.05, 3.63) is 76.6 Å². The summed E-state index contributed by atoms with van der Waals surface area (Å²) in [6, 6.07) is 16.2. The van der Waals surface area contributed by atoms with Crippen molar-refractivity contribution >= 4 is 23.8 Å². The number of rotatable bonds is 7. The van der Waals surface area contributed by atoms with Crippen molar-refractivity contribution in [2.45, 2.75) is 50.2 Å². The molecule has 2 aliphatic rings. The first-order valence-electron chi connectivity index (χ1n) is 12.0. The van der Waals surface area contributed by atoms with Crippen molar-refractivity contribution in [2.75, 3.05) is 13.1 Å². The van der Waals surface area contributed by atoms with E-state index in [0.717, 1.165) is 35.5 Å². The molecule has 1 aliphatic heterocycles. The minimum atomic E-state index is -1.22. The van der Waals surface area contributed by atoms with Crippen LogP contribution < -0.4 is 0 Å². The summed E-state index contributed by atoms with van der Waals surface area (Å²) in [5.74, 6) is 1.05. The number of aromatic nitrogens is 2. The molecule has 7 nitrogen and oxygen atoms in total. The van der Waals surface area contributed by atoms with E-state index in [-0.39, 0.29) is 11.5 Å². The second-order valence-corrected chi connectivity index (χ2v) is 9.85. The Bertz CT molecular complexity index is 1180. The lowest BCUT2D eigenvalue weighted by Crippen LogP contribution is -2.52. The zero-order valence-electron chi connectivity index (χ0n) is 19.4. The lowest BCUT2D eigenvalue weighted by atomic mass is 9.69. The molecule has 0 radical (unpaired) electrons. The van der Waals surface area contributed by atoms with E-state index < -0.39 is 6.16 Å². The second-order valence-electron chi connectivity index (χ2n) is 9.41. The quantitative estimate of drug-likeness (QED) is 0.393. The molecule has 1 aliphatic carbocycles. The fourth-order valence-corrected chi connectivity index (χ4v) is 5.18. The van der Waals surface area contributed by atoms with E-state index in [4.69, 9.17) is 26.0 Å². The molecule has 2 aromatic carbocycles. The van der Waals surface area contributed by atoms with E-state index in [1.54, 1.807) is 0 Å². The molecule has 1 N–H and O–H groups in total. The van der Waals surface area contributed by atoms with Crippen LogP contribution >= 0.6 is 11.6 Å². The molecule has 1 saturated carbocycles. The average Bonchev–Trinajstić information content (AvgIpc) is 3.32. The summed E-state index contributed by atoms with van der Waals surface area (Å²) in [7, 11) is 0. The maximum atomic E-state index is 10.6. The Balaban J connectivity index is 1.24. The molecule has 0 spiro atoms.